The van der Waals surface area contributed by atoms with Crippen LogP contribution in [0.4, 0.5) is 0 Å². The normalized spacial score (nSPS) is 11.6. The summed E-state index contributed by atoms with van der Waals surface area (Å²) in [6, 6.07) is 12.3. The van der Waals surface area contributed by atoms with Crippen LogP contribution in [0.3, 0.4) is 0 Å². The SMILES string of the molecule is CCCCCCCCCCCCc1cc(CCCCCCCCCCCC)c(O)c(-n2nc3ccccc3n2)c1. The van der Waals surface area contributed by atoms with Gasteiger partial charge in [-0.2, -0.15) is 0 Å². The lowest BCUT2D eigenvalue weighted by molar-refractivity contribution is 0.458. The van der Waals surface area contributed by atoms with Crippen molar-refractivity contribution in [2.24, 2.45) is 0 Å². The lowest BCUT2D eigenvalue weighted by Gasteiger charge is -2.13. The zero-order valence-electron chi connectivity index (χ0n) is 25.8. The zero-order chi connectivity index (χ0) is 28.3. The number of hydrogen-bond donors (Lipinski definition) is 1. The fraction of sp³-hybridized carbons (Fsp3) is 0.667. The number of benzene rings is 2. The highest BCUT2D eigenvalue weighted by Crippen LogP contribution is 2.30. The predicted octanol–water partition coefficient (Wildman–Crippen LogP) is 11.1. The molecule has 0 saturated carbocycles. The van der Waals surface area contributed by atoms with Crippen molar-refractivity contribution in [2.45, 2.75) is 155 Å². The maximum absolute atomic E-state index is 11.3. The molecular weight excluding hydrogens is 490 g/mol. The van der Waals surface area contributed by atoms with Crippen molar-refractivity contribution in [3.8, 4) is 11.4 Å². The molecule has 40 heavy (non-hydrogen) atoms. The van der Waals surface area contributed by atoms with Gasteiger partial charge in [-0.1, -0.05) is 148 Å². The van der Waals surface area contributed by atoms with Gasteiger partial charge >= 0.3 is 0 Å². The van der Waals surface area contributed by atoms with E-state index in [0.717, 1.165) is 41.5 Å². The highest BCUT2D eigenvalue weighted by Gasteiger charge is 2.15. The molecule has 222 valence electrons. The number of fused-ring (bicyclic) bond motifs is 1. The molecule has 3 rings (SSSR count). The minimum atomic E-state index is 0.350. The Balaban J connectivity index is 1.52. The Morgan fingerprint density at radius 2 is 0.975 bits per heavy atom. The van der Waals surface area contributed by atoms with E-state index < -0.39 is 0 Å². The number of phenols is 1. The fourth-order valence-corrected chi connectivity index (χ4v) is 5.82. The smallest absolute Gasteiger partial charge is 0.146 e. The first kappa shape index (κ1) is 32.2. The number of aryl methyl sites for hydroxylation is 2. The van der Waals surface area contributed by atoms with Crippen LogP contribution in [0.5, 0.6) is 5.75 Å². The van der Waals surface area contributed by atoms with Crippen molar-refractivity contribution < 1.29 is 5.11 Å². The fourth-order valence-electron chi connectivity index (χ4n) is 5.82. The highest BCUT2D eigenvalue weighted by atomic mass is 16.3. The number of aromatic hydroxyl groups is 1. The molecule has 0 spiro atoms. The summed E-state index contributed by atoms with van der Waals surface area (Å²) in [5, 5.41) is 20.7. The molecule has 0 fully saturated rings. The van der Waals surface area contributed by atoms with Crippen LogP contribution >= 0.6 is 0 Å². The second kappa shape index (κ2) is 19.7. The van der Waals surface area contributed by atoms with Crippen molar-refractivity contribution in [1.29, 1.82) is 0 Å². The standard InChI is InChI=1S/C36H57N3O/c1-3-5-7-9-11-13-15-17-19-21-25-31-29-32(26-22-20-18-16-14-12-10-8-6-4-2)36(40)35(30-31)39-37-33-27-23-24-28-34(33)38-39/h23-24,27-30,40H,3-22,25-26H2,1-2H3. The lowest BCUT2D eigenvalue weighted by atomic mass is 9.98. The lowest BCUT2D eigenvalue weighted by Crippen LogP contribution is -2.03. The third-order valence-electron chi connectivity index (χ3n) is 8.35. The quantitative estimate of drug-likeness (QED) is 0.120. The van der Waals surface area contributed by atoms with Crippen LogP contribution < -0.4 is 0 Å². The van der Waals surface area contributed by atoms with Gasteiger partial charge in [0.25, 0.3) is 0 Å². The van der Waals surface area contributed by atoms with Crippen LogP contribution in [0.1, 0.15) is 153 Å². The van der Waals surface area contributed by atoms with Gasteiger partial charge in [0.2, 0.25) is 0 Å². The van der Waals surface area contributed by atoms with Crippen molar-refractivity contribution in [1.82, 2.24) is 15.0 Å². The molecule has 2 aromatic carbocycles. The molecular formula is C36H57N3O. The number of unbranched alkanes of at least 4 members (excludes halogenated alkanes) is 18. The van der Waals surface area contributed by atoms with Gasteiger partial charge in [0, 0.05) is 0 Å². The molecule has 0 unspecified atom stereocenters. The van der Waals surface area contributed by atoms with Crippen LogP contribution in [0.25, 0.3) is 16.7 Å². The number of hydrogen-bond acceptors (Lipinski definition) is 3. The van der Waals surface area contributed by atoms with Gasteiger partial charge in [0.1, 0.15) is 22.5 Å². The second-order valence-corrected chi connectivity index (χ2v) is 12.0. The van der Waals surface area contributed by atoms with E-state index in [2.05, 4.69) is 36.2 Å². The van der Waals surface area contributed by atoms with Crippen LogP contribution in [0.15, 0.2) is 36.4 Å². The Morgan fingerprint density at radius 3 is 1.45 bits per heavy atom. The zero-order valence-corrected chi connectivity index (χ0v) is 25.8. The molecule has 1 aromatic heterocycles. The molecule has 4 nitrogen and oxygen atoms in total. The molecule has 0 atom stereocenters. The maximum Gasteiger partial charge on any atom is 0.146 e. The minimum absolute atomic E-state index is 0.350. The van der Waals surface area contributed by atoms with Gasteiger partial charge in [0.15, 0.2) is 0 Å². The molecule has 0 aliphatic rings. The second-order valence-electron chi connectivity index (χ2n) is 12.0. The first-order valence-corrected chi connectivity index (χ1v) is 16.9. The molecule has 0 aliphatic heterocycles. The number of nitrogens with zero attached hydrogens (tertiary/aromatic N) is 3. The number of phenolic OH excluding ortho intramolecular Hbond substituents is 1. The average molecular weight is 548 g/mol. The topological polar surface area (TPSA) is 50.9 Å². The Kier molecular flexibility index (Phi) is 15.8. The molecule has 1 heterocycles. The Hall–Kier alpha value is -2.36. The summed E-state index contributed by atoms with van der Waals surface area (Å²) < 4.78 is 0. The average Bonchev–Trinajstić information content (AvgIpc) is 3.40. The van der Waals surface area contributed by atoms with Gasteiger partial charge in [-0.05, 0) is 55.0 Å². The molecule has 0 aliphatic carbocycles. The first-order valence-electron chi connectivity index (χ1n) is 16.9. The summed E-state index contributed by atoms with van der Waals surface area (Å²) in [5.74, 6) is 0.350. The number of rotatable bonds is 23. The summed E-state index contributed by atoms with van der Waals surface area (Å²) in [6.45, 7) is 4.56. The van der Waals surface area contributed by atoms with Crippen molar-refractivity contribution in [3.63, 3.8) is 0 Å². The summed E-state index contributed by atoms with van der Waals surface area (Å²) in [5.41, 5.74) is 4.80. The van der Waals surface area contributed by atoms with E-state index in [1.54, 1.807) is 4.80 Å². The third-order valence-corrected chi connectivity index (χ3v) is 8.35. The van der Waals surface area contributed by atoms with Crippen LogP contribution in [0.2, 0.25) is 0 Å². The van der Waals surface area contributed by atoms with Crippen LogP contribution in [-0.4, -0.2) is 20.1 Å². The van der Waals surface area contributed by atoms with Crippen molar-refractivity contribution in [2.75, 3.05) is 0 Å². The molecule has 4 heteroatoms. The summed E-state index contributed by atoms with van der Waals surface area (Å²) in [4.78, 5) is 1.64. The van der Waals surface area contributed by atoms with E-state index in [0.29, 0.717) is 5.75 Å². The minimum Gasteiger partial charge on any atom is -0.505 e. The third kappa shape index (κ3) is 11.6. The van der Waals surface area contributed by atoms with E-state index in [4.69, 9.17) is 0 Å². The molecule has 0 amide bonds. The molecule has 0 saturated heterocycles. The Bertz CT molecular complexity index is 1040. The summed E-state index contributed by atoms with van der Waals surface area (Å²) in [7, 11) is 0. The van der Waals surface area contributed by atoms with Gasteiger partial charge < -0.3 is 5.11 Å². The Morgan fingerprint density at radius 1 is 0.550 bits per heavy atom. The molecule has 0 bridgehead atoms. The van der Waals surface area contributed by atoms with E-state index in [1.807, 2.05) is 24.3 Å². The van der Waals surface area contributed by atoms with Gasteiger partial charge in [-0.15, -0.1) is 15.0 Å². The number of aromatic nitrogens is 3. The van der Waals surface area contributed by atoms with Gasteiger partial charge in [-0.25, -0.2) is 0 Å². The summed E-state index contributed by atoms with van der Waals surface area (Å²) in [6.07, 6.45) is 28.7. The van der Waals surface area contributed by atoms with E-state index in [9.17, 15) is 5.11 Å². The summed E-state index contributed by atoms with van der Waals surface area (Å²) >= 11 is 0. The van der Waals surface area contributed by atoms with Crippen LogP contribution in [0, 0.1) is 0 Å². The highest BCUT2D eigenvalue weighted by molar-refractivity contribution is 5.73. The molecule has 1 N–H and O–H groups in total. The van der Waals surface area contributed by atoms with Gasteiger partial charge in [-0.3, -0.25) is 0 Å². The van der Waals surface area contributed by atoms with E-state index in [1.165, 1.54) is 128 Å². The predicted molar refractivity (Wildman–Crippen MR) is 172 cm³/mol. The Labute approximate surface area is 245 Å². The van der Waals surface area contributed by atoms with Crippen molar-refractivity contribution >= 4 is 11.0 Å². The van der Waals surface area contributed by atoms with Crippen molar-refractivity contribution in [3.05, 3.63) is 47.5 Å². The van der Waals surface area contributed by atoms with Gasteiger partial charge in [0.05, 0.1) is 0 Å². The largest absolute Gasteiger partial charge is 0.505 e. The van der Waals surface area contributed by atoms with E-state index >= 15 is 0 Å². The monoisotopic (exact) mass is 547 g/mol. The molecule has 0 radical (unpaired) electrons. The van der Waals surface area contributed by atoms with Crippen LogP contribution in [-0.2, 0) is 12.8 Å². The van der Waals surface area contributed by atoms with E-state index in [-0.39, 0.29) is 0 Å². The first-order chi connectivity index (χ1) is 19.7. The molecule has 3 aromatic rings. The maximum atomic E-state index is 11.3.